The third-order valence-electron chi connectivity index (χ3n) is 5.16. The summed E-state index contributed by atoms with van der Waals surface area (Å²) in [7, 11) is 0. The summed E-state index contributed by atoms with van der Waals surface area (Å²) in [5.41, 5.74) is 6.19. The summed E-state index contributed by atoms with van der Waals surface area (Å²) >= 11 is 0. The number of hydrogen-bond acceptors (Lipinski definition) is 1. The number of aromatic nitrogens is 2. The first kappa shape index (κ1) is 23.7. The summed E-state index contributed by atoms with van der Waals surface area (Å²) in [6, 6.07) is 28.7. The van der Waals surface area contributed by atoms with Crippen LogP contribution < -0.4 is 4.98 Å². The van der Waals surface area contributed by atoms with Crippen LogP contribution in [0.5, 0.6) is 0 Å². The van der Waals surface area contributed by atoms with Crippen molar-refractivity contribution in [3.63, 3.8) is 0 Å². The van der Waals surface area contributed by atoms with Gasteiger partial charge >= 0.3 is 0 Å². The van der Waals surface area contributed by atoms with E-state index >= 15 is 0 Å². The molecule has 0 bridgehead atoms. The molecular formula is C29H27IrN2-. The van der Waals surface area contributed by atoms with Crippen molar-refractivity contribution in [1.82, 2.24) is 9.97 Å². The summed E-state index contributed by atoms with van der Waals surface area (Å²) in [6.45, 7) is 0. The van der Waals surface area contributed by atoms with Crippen LogP contribution in [0.15, 0.2) is 115 Å². The van der Waals surface area contributed by atoms with Crippen molar-refractivity contribution in [2.45, 2.75) is 25.7 Å². The van der Waals surface area contributed by atoms with E-state index in [2.05, 4.69) is 59.6 Å². The topological polar surface area (TPSA) is 27.0 Å². The van der Waals surface area contributed by atoms with Crippen molar-refractivity contribution < 1.29 is 20.1 Å². The molecule has 5 rings (SSSR count). The zero-order chi connectivity index (χ0) is 21.1. The fourth-order valence-electron chi connectivity index (χ4n) is 3.57. The average Bonchev–Trinajstić information content (AvgIpc) is 3.27. The molecular weight excluding hydrogens is 569 g/mol. The smallest absolute Gasteiger partial charge is 0.0489 e. The number of pyridine rings is 1. The Morgan fingerprint density at radius 3 is 1.66 bits per heavy atom. The van der Waals surface area contributed by atoms with Gasteiger partial charge in [0.1, 0.15) is 0 Å². The van der Waals surface area contributed by atoms with Gasteiger partial charge in [0, 0.05) is 32.0 Å². The second-order valence-electron chi connectivity index (χ2n) is 7.45. The summed E-state index contributed by atoms with van der Waals surface area (Å²) in [5, 5.41) is 0. The standard InChI is InChI=1S/C21H15N2.C8H12.Ir/c1-3-9-16(10-4-1)18-15-20(17-11-5-2-6-12-17)23-21(18)19-13-7-8-14-22-19;1-2-4-6-8-7-5-3-1;/h1-15H;1-2,7-8H,3-6H2;/q-1;;/b;2-1-,8-7-;. The van der Waals surface area contributed by atoms with Crippen molar-refractivity contribution in [2.24, 2.45) is 0 Å². The maximum absolute atomic E-state index is 4.86. The quantitative estimate of drug-likeness (QED) is 0.227. The molecule has 0 fully saturated rings. The van der Waals surface area contributed by atoms with Crippen LogP contribution in [0.25, 0.3) is 33.8 Å². The number of rotatable bonds is 3. The van der Waals surface area contributed by atoms with E-state index in [0.717, 1.165) is 33.8 Å². The molecule has 2 aromatic heterocycles. The van der Waals surface area contributed by atoms with Gasteiger partial charge in [-0.2, -0.15) is 0 Å². The normalized spacial score (nSPS) is 14.6. The molecule has 3 heteroatoms. The molecule has 4 aromatic rings. The maximum Gasteiger partial charge on any atom is 0.0489 e. The molecule has 1 aliphatic carbocycles. The van der Waals surface area contributed by atoms with Crippen LogP contribution in [0.1, 0.15) is 25.7 Å². The zero-order valence-electron chi connectivity index (χ0n) is 18.0. The number of benzene rings is 2. The predicted octanol–water partition coefficient (Wildman–Crippen LogP) is 7.71. The molecule has 163 valence electrons. The third kappa shape index (κ3) is 6.50. The molecule has 0 amide bonds. The van der Waals surface area contributed by atoms with Gasteiger partial charge in [0.05, 0.1) is 0 Å². The van der Waals surface area contributed by atoms with E-state index in [4.69, 9.17) is 4.98 Å². The minimum atomic E-state index is 0. The van der Waals surface area contributed by atoms with Gasteiger partial charge in [-0.1, -0.05) is 97.1 Å². The molecule has 2 aromatic carbocycles. The van der Waals surface area contributed by atoms with Crippen molar-refractivity contribution in [1.29, 1.82) is 0 Å². The van der Waals surface area contributed by atoms with E-state index in [9.17, 15) is 0 Å². The first-order chi connectivity index (χ1) is 15.4. The van der Waals surface area contributed by atoms with Gasteiger partial charge in [-0.15, -0.1) is 11.4 Å². The van der Waals surface area contributed by atoms with Gasteiger partial charge in [0.25, 0.3) is 0 Å². The third-order valence-corrected chi connectivity index (χ3v) is 5.16. The van der Waals surface area contributed by atoms with Crippen molar-refractivity contribution in [3.05, 3.63) is 115 Å². The van der Waals surface area contributed by atoms with Gasteiger partial charge in [0.2, 0.25) is 0 Å². The Kier molecular flexibility index (Phi) is 9.43. The van der Waals surface area contributed by atoms with Crippen LogP contribution in [0.2, 0.25) is 0 Å². The molecule has 1 aliphatic rings. The molecule has 1 radical (unpaired) electrons. The SMILES string of the molecule is C1=C\CC/C=C\CC/1.[Ir].c1ccc(-c2cc(-c3ccccc3)c(-c3ccccn3)[n-]2)cc1. The van der Waals surface area contributed by atoms with E-state index in [-0.39, 0.29) is 20.1 Å². The monoisotopic (exact) mass is 596 g/mol. The van der Waals surface area contributed by atoms with Crippen LogP contribution in [0, 0.1) is 0 Å². The van der Waals surface area contributed by atoms with Crippen LogP contribution >= 0.6 is 0 Å². The van der Waals surface area contributed by atoms with E-state index in [1.807, 2.05) is 54.6 Å². The van der Waals surface area contributed by atoms with Crippen LogP contribution in [0.4, 0.5) is 0 Å². The molecule has 2 nitrogen and oxygen atoms in total. The van der Waals surface area contributed by atoms with E-state index in [1.54, 1.807) is 6.20 Å². The molecule has 0 unspecified atom stereocenters. The Balaban J connectivity index is 0.000000274. The molecule has 0 saturated carbocycles. The zero-order valence-corrected chi connectivity index (χ0v) is 20.4. The Morgan fingerprint density at radius 1 is 0.594 bits per heavy atom. The second-order valence-corrected chi connectivity index (χ2v) is 7.45. The first-order valence-corrected chi connectivity index (χ1v) is 10.9. The minimum Gasteiger partial charge on any atom is -0.655 e. The number of allylic oxidation sites excluding steroid dienone is 4. The van der Waals surface area contributed by atoms with Crippen molar-refractivity contribution in [3.8, 4) is 33.8 Å². The Bertz CT molecular complexity index is 1030. The van der Waals surface area contributed by atoms with Gasteiger partial charge in [-0.3, -0.25) is 4.98 Å². The minimum absolute atomic E-state index is 0. The van der Waals surface area contributed by atoms with Crippen LogP contribution in [-0.2, 0) is 20.1 Å². The summed E-state index contributed by atoms with van der Waals surface area (Å²) < 4.78 is 0. The molecule has 32 heavy (non-hydrogen) atoms. The fraction of sp³-hybridized carbons (Fsp3) is 0.138. The molecule has 0 aliphatic heterocycles. The summed E-state index contributed by atoms with van der Waals surface area (Å²) in [4.78, 5) is 9.34. The first-order valence-electron chi connectivity index (χ1n) is 10.9. The Hall–Kier alpha value is -3.00. The van der Waals surface area contributed by atoms with Gasteiger partial charge in [-0.05, 0) is 54.5 Å². The van der Waals surface area contributed by atoms with Crippen molar-refractivity contribution in [2.75, 3.05) is 0 Å². The van der Waals surface area contributed by atoms with E-state index in [1.165, 1.54) is 25.7 Å². The number of hydrogen-bond donors (Lipinski definition) is 0. The summed E-state index contributed by atoms with van der Waals surface area (Å²) in [6.07, 6.45) is 15.8. The van der Waals surface area contributed by atoms with E-state index < -0.39 is 0 Å². The molecule has 0 N–H and O–H groups in total. The van der Waals surface area contributed by atoms with E-state index in [0.29, 0.717) is 0 Å². The van der Waals surface area contributed by atoms with Crippen LogP contribution in [-0.4, -0.2) is 4.98 Å². The predicted molar refractivity (Wildman–Crippen MR) is 131 cm³/mol. The largest absolute Gasteiger partial charge is 0.655 e. The van der Waals surface area contributed by atoms with Gasteiger partial charge in [-0.25, -0.2) is 0 Å². The molecule has 0 saturated heterocycles. The fourth-order valence-corrected chi connectivity index (χ4v) is 3.57. The van der Waals surface area contributed by atoms with Gasteiger partial charge < -0.3 is 4.98 Å². The number of nitrogens with zero attached hydrogens (tertiary/aromatic N) is 2. The maximum atomic E-state index is 4.86. The molecule has 2 heterocycles. The summed E-state index contributed by atoms with van der Waals surface area (Å²) in [5.74, 6) is 0. The van der Waals surface area contributed by atoms with Crippen LogP contribution in [0.3, 0.4) is 0 Å². The second kappa shape index (κ2) is 12.8. The Labute approximate surface area is 204 Å². The average molecular weight is 596 g/mol. The molecule has 0 atom stereocenters. The Morgan fingerprint density at radius 2 is 1.12 bits per heavy atom. The van der Waals surface area contributed by atoms with Gasteiger partial charge in [0.15, 0.2) is 0 Å². The van der Waals surface area contributed by atoms with Crippen molar-refractivity contribution >= 4 is 0 Å². The molecule has 0 spiro atoms.